The van der Waals surface area contributed by atoms with Gasteiger partial charge in [-0.3, -0.25) is 4.79 Å². The summed E-state index contributed by atoms with van der Waals surface area (Å²) >= 11 is 6.02. The number of hydrogen-bond acceptors (Lipinski definition) is 4. The van der Waals surface area contributed by atoms with Gasteiger partial charge < -0.3 is 10.1 Å². The van der Waals surface area contributed by atoms with Crippen molar-refractivity contribution in [1.82, 2.24) is 4.31 Å². The number of ether oxygens (including phenoxy) is 1. The SMILES string of the molecule is Cc1ccc(S(=O)(=O)N(C)C)cc1NC(=O)C1COc2ccc(Cl)cc2C1. The molecular weight excluding hydrogens is 388 g/mol. The van der Waals surface area contributed by atoms with Crippen molar-refractivity contribution in [2.45, 2.75) is 18.2 Å². The van der Waals surface area contributed by atoms with Crippen LogP contribution in [0.1, 0.15) is 11.1 Å². The maximum Gasteiger partial charge on any atom is 0.242 e. The molecule has 144 valence electrons. The Balaban J connectivity index is 1.80. The highest BCUT2D eigenvalue weighted by Crippen LogP contribution is 2.31. The Hall–Kier alpha value is -2.09. The summed E-state index contributed by atoms with van der Waals surface area (Å²) in [6.45, 7) is 2.07. The van der Waals surface area contributed by atoms with E-state index in [9.17, 15) is 13.2 Å². The molecule has 0 saturated heterocycles. The van der Waals surface area contributed by atoms with Crippen LogP contribution >= 0.6 is 11.6 Å². The maximum atomic E-state index is 12.7. The van der Waals surface area contributed by atoms with E-state index in [4.69, 9.17) is 16.3 Å². The summed E-state index contributed by atoms with van der Waals surface area (Å²) in [6.07, 6.45) is 0.510. The number of aryl methyl sites for hydroxylation is 1. The standard InChI is InChI=1S/C19H21ClN2O4S/c1-12-4-6-16(27(24,25)22(2)3)10-17(12)21-19(23)14-8-13-9-15(20)5-7-18(13)26-11-14/h4-7,9-10,14H,8,11H2,1-3H3,(H,21,23). The molecule has 3 rings (SSSR count). The van der Waals surface area contributed by atoms with Crippen molar-refractivity contribution in [3.8, 4) is 5.75 Å². The van der Waals surface area contributed by atoms with Crippen molar-refractivity contribution < 1.29 is 17.9 Å². The van der Waals surface area contributed by atoms with E-state index in [0.717, 1.165) is 21.2 Å². The van der Waals surface area contributed by atoms with E-state index in [1.54, 1.807) is 24.3 Å². The minimum Gasteiger partial charge on any atom is -0.492 e. The summed E-state index contributed by atoms with van der Waals surface area (Å²) in [5, 5.41) is 3.44. The topological polar surface area (TPSA) is 75.7 Å². The highest BCUT2D eigenvalue weighted by Gasteiger charge is 2.27. The molecule has 0 bridgehead atoms. The van der Waals surface area contributed by atoms with E-state index in [1.165, 1.54) is 26.2 Å². The number of sulfonamides is 1. The van der Waals surface area contributed by atoms with Crippen LogP contribution in [0.3, 0.4) is 0 Å². The van der Waals surface area contributed by atoms with Gasteiger partial charge in [-0.1, -0.05) is 17.7 Å². The Labute approximate surface area is 164 Å². The second-order valence-corrected chi connectivity index (χ2v) is 9.31. The zero-order valence-electron chi connectivity index (χ0n) is 15.3. The first-order chi connectivity index (χ1) is 12.7. The van der Waals surface area contributed by atoms with Gasteiger partial charge in [-0.15, -0.1) is 0 Å². The molecule has 2 aromatic carbocycles. The average molecular weight is 409 g/mol. The van der Waals surface area contributed by atoms with Gasteiger partial charge in [0.25, 0.3) is 0 Å². The number of hydrogen-bond donors (Lipinski definition) is 1. The number of anilines is 1. The molecule has 1 aliphatic rings. The molecule has 2 aromatic rings. The van der Waals surface area contributed by atoms with Crippen molar-refractivity contribution in [1.29, 1.82) is 0 Å². The Morgan fingerprint density at radius 1 is 1.22 bits per heavy atom. The Kier molecular flexibility index (Phi) is 5.46. The van der Waals surface area contributed by atoms with Gasteiger partial charge in [-0.2, -0.15) is 0 Å². The van der Waals surface area contributed by atoms with Crippen LogP contribution in [-0.2, 0) is 21.2 Å². The van der Waals surface area contributed by atoms with E-state index < -0.39 is 10.0 Å². The van der Waals surface area contributed by atoms with Crippen LogP contribution in [0, 0.1) is 12.8 Å². The maximum absolute atomic E-state index is 12.7. The lowest BCUT2D eigenvalue weighted by molar-refractivity contribution is -0.121. The first kappa shape index (κ1) is 19.7. The predicted molar refractivity (Wildman–Crippen MR) is 105 cm³/mol. The molecule has 0 spiro atoms. The molecule has 8 heteroatoms. The van der Waals surface area contributed by atoms with Gasteiger partial charge in [-0.25, -0.2) is 12.7 Å². The van der Waals surface area contributed by atoms with E-state index in [2.05, 4.69) is 5.32 Å². The van der Waals surface area contributed by atoms with Gasteiger partial charge in [0.2, 0.25) is 15.9 Å². The first-order valence-corrected chi connectivity index (χ1v) is 10.3. The number of benzene rings is 2. The molecule has 0 saturated carbocycles. The number of halogens is 1. The van der Waals surface area contributed by atoms with Gasteiger partial charge >= 0.3 is 0 Å². The molecule has 1 aliphatic heterocycles. The molecule has 27 heavy (non-hydrogen) atoms. The summed E-state index contributed by atoms with van der Waals surface area (Å²) in [6, 6.07) is 10.0. The summed E-state index contributed by atoms with van der Waals surface area (Å²) in [5.41, 5.74) is 2.13. The second kappa shape index (κ2) is 7.50. The Bertz CT molecular complexity index is 989. The fourth-order valence-electron chi connectivity index (χ4n) is 2.87. The molecule has 1 unspecified atom stereocenters. The van der Waals surface area contributed by atoms with Crippen molar-refractivity contribution in [2.24, 2.45) is 5.92 Å². The zero-order valence-corrected chi connectivity index (χ0v) is 16.9. The van der Waals surface area contributed by atoms with Crippen LogP contribution < -0.4 is 10.1 Å². The third-order valence-corrected chi connectivity index (χ3v) is 6.59. The zero-order chi connectivity index (χ0) is 19.8. The largest absolute Gasteiger partial charge is 0.492 e. The number of nitrogens with one attached hydrogen (secondary N) is 1. The third kappa shape index (κ3) is 4.10. The minimum absolute atomic E-state index is 0.130. The van der Waals surface area contributed by atoms with Crippen LogP contribution in [-0.4, -0.2) is 39.3 Å². The van der Waals surface area contributed by atoms with Gasteiger partial charge in [0.1, 0.15) is 12.4 Å². The molecule has 0 fully saturated rings. The molecule has 1 heterocycles. The molecule has 1 atom stereocenters. The first-order valence-electron chi connectivity index (χ1n) is 8.44. The third-order valence-electron chi connectivity index (χ3n) is 4.55. The van der Waals surface area contributed by atoms with Crippen LogP contribution in [0.25, 0.3) is 0 Å². The van der Waals surface area contributed by atoms with Crippen LogP contribution in [0.4, 0.5) is 5.69 Å². The number of nitrogens with zero attached hydrogens (tertiary/aromatic N) is 1. The van der Waals surface area contributed by atoms with Gasteiger partial charge in [0.15, 0.2) is 0 Å². The smallest absolute Gasteiger partial charge is 0.242 e. The summed E-state index contributed by atoms with van der Waals surface area (Å²) in [5.74, 6) is 0.131. The van der Waals surface area contributed by atoms with Crippen molar-refractivity contribution in [3.63, 3.8) is 0 Å². The van der Waals surface area contributed by atoms with Crippen molar-refractivity contribution >= 4 is 33.2 Å². The fraction of sp³-hybridized carbons (Fsp3) is 0.316. The van der Waals surface area contributed by atoms with E-state index in [1.807, 2.05) is 6.92 Å². The molecule has 1 amide bonds. The fourth-order valence-corrected chi connectivity index (χ4v) is 4.00. The predicted octanol–water partition coefficient (Wildman–Crippen LogP) is 3.09. The molecule has 6 nitrogen and oxygen atoms in total. The Morgan fingerprint density at radius 2 is 1.96 bits per heavy atom. The van der Waals surface area contributed by atoms with Crippen molar-refractivity contribution in [2.75, 3.05) is 26.0 Å². The highest BCUT2D eigenvalue weighted by molar-refractivity contribution is 7.89. The lowest BCUT2D eigenvalue weighted by Gasteiger charge is -2.25. The number of carbonyl (C=O) groups is 1. The Morgan fingerprint density at radius 3 is 2.67 bits per heavy atom. The van der Waals surface area contributed by atoms with E-state index in [0.29, 0.717) is 17.1 Å². The van der Waals surface area contributed by atoms with Crippen LogP contribution in [0.5, 0.6) is 5.75 Å². The number of carbonyl (C=O) groups excluding carboxylic acids is 1. The lowest BCUT2D eigenvalue weighted by atomic mass is 9.96. The van der Waals surface area contributed by atoms with Gasteiger partial charge in [0.05, 0.1) is 10.8 Å². The molecule has 0 aromatic heterocycles. The van der Waals surface area contributed by atoms with E-state index >= 15 is 0 Å². The average Bonchev–Trinajstić information content (AvgIpc) is 2.62. The minimum atomic E-state index is -3.58. The van der Waals surface area contributed by atoms with Gasteiger partial charge in [0, 0.05) is 24.8 Å². The molecule has 1 N–H and O–H groups in total. The van der Waals surface area contributed by atoms with Crippen LogP contribution in [0.2, 0.25) is 5.02 Å². The van der Waals surface area contributed by atoms with E-state index in [-0.39, 0.29) is 23.3 Å². The molecular formula is C19H21ClN2O4S. The number of amides is 1. The lowest BCUT2D eigenvalue weighted by Crippen LogP contribution is -2.33. The quantitative estimate of drug-likeness (QED) is 0.843. The monoisotopic (exact) mass is 408 g/mol. The summed E-state index contributed by atoms with van der Waals surface area (Å²) < 4.78 is 31.5. The normalized spacial score (nSPS) is 16.6. The molecule has 0 radical (unpaired) electrons. The second-order valence-electron chi connectivity index (χ2n) is 6.72. The highest BCUT2D eigenvalue weighted by atomic mass is 35.5. The number of rotatable bonds is 4. The number of fused-ring (bicyclic) bond motifs is 1. The summed E-state index contributed by atoms with van der Waals surface area (Å²) in [4.78, 5) is 12.9. The van der Waals surface area contributed by atoms with Crippen molar-refractivity contribution in [3.05, 3.63) is 52.5 Å². The molecule has 0 aliphatic carbocycles. The van der Waals surface area contributed by atoms with Gasteiger partial charge in [-0.05, 0) is 54.8 Å². The summed E-state index contributed by atoms with van der Waals surface area (Å²) in [7, 11) is -0.644. The van der Waals surface area contributed by atoms with Crippen LogP contribution in [0.15, 0.2) is 41.3 Å².